The van der Waals surface area contributed by atoms with Gasteiger partial charge in [0.1, 0.15) is 0 Å². The van der Waals surface area contributed by atoms with Crippen LogP contribution in [0.2, 0.25) is 0 Å². The van der Waals surface area contributed by atoms with Crippen LogP contribution in [0.15, 0.2) is 54.6 Å². The molecule has 2 rings (SSSR count). The maximum Gasteiger partial charge on any atom is 0.269 e. The molecule has 7 heteroatoms. The Morgan fingerprint density at radius 1 is 1.09 bits per heavy atom. The van der Waals surface area contributed by atoms with Gasteiger partial charge in [0.2, 0.25) is 0 Å². The lowest BCUT2D eigenvalue weighted by molar-refractivity contribution is -0.384. The zero-order valence-corrected chi connectivity index (χ0v) is 12.3. The van der Waals surface area contributed by atoms with E-state index in [0.717, 1.165) is 5.56 Å². The summed E-state index contributed by atoms with van der Waals surface area (Å²) in [5.41, 5.74) is 1.27. The number of benzene rings is 2. The van der Waals surface area contributed by atoms with E-state index in [9.17, 15) is 14.9 Å². The van der Waals surface area contributed by atoms with Gasteiger partial charge in [-0.3, -0.25) is 20.2 Å². The van der Waals surface area contributed by atoms with E-state index in [1.807, 2.05) is 30.3 Å². The van der Waals surface area contributed by atoms with Crippen LogP contribution >= 0.6 is 12.2 Å². The molecule has 2 aromatic rings. The van der Waals surface area contributed by atoms with E-state index in [2.05, 4.69) is 10.6 Å². The molecule has 0 radical (unpaired) electrons. The first kappa shape index (κ1) is 15.6. The van der Waals surface area contributed by atoms with Gasteiger partial charge < -0.3 is 5.32 Å². The number of nitrogens with one attached hydrogen (secondary N) is 2. The summed E-state index contributed by atoms with van der Waals surface area (Å²) in [6.45, 7) is 0.500. The Morgan fingerprint density at radius 3 is 2.32 bits per heavy atom. The van der Waals surface area contributed by atoms with E-state index in [-0.39, 0.29) is 10.8 Å². The smallest absolute Gasteiger partial charge is 0.269 e. The van der Waals surface area contributed by atoms with Gasteiger partial charge in [0, 0.05) is 24.2 Å². The van der Waals surface area contributed by atoms with E-state index >= 15 is 0 Å². The lowest BCUT2D eigenvalue weighted by Gasteiger charge is -2.09. The third-order valence-corrected chi connectivity index (χ3v) is 3.11. The topological polar surface area (TPSA) is 84.3 Å². The van der Waals surface area contributed by atoms with Crippen molar-refractivity contribution in [2.75, 3.05) is 0 Å². The fraction of sp³-hybridized carbons (Fsp3) is 0.0667. The summed E-state index contributed by atoms with van der Waals surface area (Å²) in [4.78, 5) is 22.0. The fourth-order valence-electron chi connectivity index (χ4n) is 1.73. The molecular weight excluding hydrogens is 302 g/mol. The monoisotopic (exact) mass is 315 g/mol. The molecule has 6 nitrogen and oxygen atoms in total. The molecule has 0 aliphatic heterocycles. The summed E-state index contributed by atoms with van der Waals surface area (Å²) >= 11 is 5.05. The first-order valence-corrected chi connectivity index (χ1v) is 6.84. The number of hydrogen-bond donors (Lipinski definition) is 2. The number of carbonyl (C=O) groups is 1. The summed E-state index contributed by atoms with van der Waals surface area (Å²) in [6.07, 6.45) is 0. The number of non-ortho nitro benzene ring substituents is 1. The zero-order chi connectivity index (χ0) is 15.9. The number of hydrogen-bond acceptors (Lipinski definition) is 4. The minimum atomic E-state index is -0.520. The maximum absolute atomic E-state index is 11.9. The van der Waals surface area contributed by atoms with Gasteiger partial charge in [-0.1, -0.05) is 30.3 Å². The molecule has 0 saturated heterocycles. The number of rotatable bonds is 4. The van der Waals surface area contributed by atoms with E-state index in [1.165, 1.54) is 24.3 Å². The maximum atomic E-state index is 11.9. The molecule has 0 fully saturated rings. The molecular formula is C15H13N3O3S. The molecule has 0 unspecified atom stereocenters. The second-order valence-electron chi connectivity index (χ2n) is 4.43. The standard InChI is InChI=1S/C15H13N3O3S/c19-14(12-6-8-13(9-7-12)18(20)21)17-15(22)16-10-11-4-2-1-3-5-11/h1-9H,10H2,(H2,16,17,19,22). The van der Waals surface area contributed by atoms with Gasteiger partial charge in [0.25, 0.3) is 11.6 Å². The molecule has 22 heavy (non-hydrogen) atoms. The van der Waals surface area contributed by atoms with Crippen LogP contribution in [0.1, 0.15) is 15.9 Å². The molecule has 0 aromatic heterocycles. The quantitative estimate of drug-likeness (QED) is 0.514. The van der Waals surface area contributed by atoms with E-state index < -0.39 is 10.8 Å². The van der Waals surface area contributed by atoms with Gasteiger partial charge in [0.05, 0.1) is 4.92 Å². The highest BCUT2D eigenvalue weighted by molar-refractivity contribution is 7.80. The van der Waals surface area contributed by atoms with Crippen LogP contribution in [-0.2, 0) is 6.54 Å². The highest BCUT2D eigenvalue weighted by Crippen LogP contribution is 2.11. The van der Waals surface area contributed by atoms with Crippen LogP contribution < -0.4 is 10.6 Å². The van der Waals surface area contributed by atoms with Crippen LogP contribution in [0, 0.1) is 10.1 Å². The third-order valence-electron chi connectivity index (χ3n) is 2.86. The van der Waals surface area contributed by atoms with Gasteiger partial charge in [-0.15, -0.1) is 0 Å². The van der Waals surface area contributed by atoms with Crippen molar-refractivity contribution in [1.29, 1.82) is 0 Å². The summed E-state index contributed by atoms with van der Waals surface area (Å²) in [5, 5.41) is 16.2. The van der Waals surface area contributed by atoms with Crippen molar-refractivity contribution in [3.8, 4) is 0 Å². The highest BCUT2D eigenvalue weighted by Gasteiger charge is 2.10. The molecule has 2 aromatic carbocycles. The van der Waals surface area contributed by atoms with E-state index in [4.69, 9.17) is 12.2 Å². The van der Waals surface area contributed by atoms with Crippen LogP contribution in [0.4, 0.5) is 5.69 Å². The number of nitro benzene ring substituents is 1. The van der Waals surface area contributed by atoms with Crippen molar-refractivity contribution < 1.29 is 9.72 Å². The van der Waals surface area contributed by atoms with Gasteiger partial charge in [-0.05, 0) is 29.9 Å². The second-order valence-corrected chi connectivity index (χ2v) is 4.83. The highest BCUT2D eigenvalue weighted by atomic mass is 32.1. The molecule has 112 valence electrons. The van der Waals surface area contributed by atoms with Crippen molar-refractivity contribution in [3.05, 3.63) is 75.8 Å². The van der Waals surface area contributed by atoms with Gasteiger partial charge in [-0.2, -0.15) is 0 Å². The molecule has 1 amide bonds. The third kappa shape index (κ3) is 4.35. The molecule has 0 aliphatic carbocycles. The predicted molar refractivity (Wildman–Crippen MR) is 86.4 cm³/mol. The number of carbonyl (C=O) groups excluding carboxylic acids is 1. The number of thiocarbonyl (C=S) groups is 1. The average Bonchev–Trinajstić information content (AvgIpc) is 2.54. The molecule has 0 atom stereocenters. The van der Waals surface area contributed by atoms with Gasteiger partial charge >= 0.3 is 0 Å². The van der Waals surface area contributed by atoms with Crippen molar-refractivity contribution >= 4 is 28.9 Å². The van der Waals surface area contributed by atoms with Crippen LogP contribution in [0.25, 0.3) is 0 Å². The van der Waals surface area contributed by atoms with Crippen LogP contribution in [0.5, 0.6) is 0 Å². The van der Waals surface area contributed by atoms with Crippen LogP contribution in [0.3, 0.4) is 0 Å². The van der Waals surface area contributed by atoms with E-state index in [1.54, 1.807) is 0 Å². The summed E-state index contributed by atoms with van der Waals surface area (Å²) in [7, 11) is 0. The Bertz CT molecular complexity index is 687. The van der Waals surface area contributed by atoms with Gasteiger partial charge in [-0.25, -0.2) is 0 Å². The Kier molecular flexibility index (Phi) is 5.16. The minimum Gasteiger partial charge on any atom is -0.358 e. The summed E-state index contributed by atoms with van der Waals surface area (Å²) in [6, 6.07) is 14.9. The molecule has 0 heterocycles. The van der Waals surface area contributed by atoms with Crippen molar-refractivity contribution in [1.82, 2.24) is 10.6 Å². The lowest BCUT2D eigenvalue weighted by atomic mass is 10.2. The molecule has 0 aliphatic rings. The number of amides is 1. The molecule has 0 saturated carbocycles. The molecule has 0 bridgehead atoms. The van der Waals surface area contributed by atoms with Crippen LogP contribution in [-0.4, -0.2) is 15.9 Å². The number of nitro groups is 1. The molecule has 2 N–H and O–H groups in total. The first-order chi connectivity index (χ1) is 10.6. The Labute approximate surface area is 132 Å². The summed E-state index contributed by atoms with van der Waals surface area (Å²) in [5.74, 6) is -0.416. The lowest BCUT2D eigenvalue weighted by Crippen LogP contribution is -2.38. The predicted octanol–water partition coefficient (Wildman–Crippen LogP) is 2.40. The minimum absolute atomic E-state index is 0.0682. The normalized spacial score (nSPS) is 9.82. The van der Waals surface area contributed by atoms with Crippen molar-refractivity contribution in [3.63, 3.8) is 0 Å². The SMILES string of the molecule is O=C(NC(=S)NCc1ccccc1)c1ccc([N+](=O)[O-])cc1. The average molecular weight is 315 g/mol. The molecule has 0 spiro atoms. The summed E-state index contributed by atoms with van der Waals surface area (Å²) < 4.78 is 0. The van der Waals surface area contributed by atoms with Gasteiger partial charge in [0.15, 0.2) is 5.11 Å². The largest absolute Gasteiger partial charge is 0.358 e. The van der Waals surface area contributed by atoms with Crippen molar-refractivity contribution in [2.24, 2.45) is 0 Å². The Hall–Kier alpha value is -2.80. The zero-order valence-electron chi connectivity index (χ0n) is 11.5. The second kappa shape index (κ2) is 7.28. The van der Waals surface area contributed by atoms with Crippen molar-refractivity contribution in [2.45, 2.75) is 6.54 Å². The number of nitrogens with zero attached hydrogens (tertiary/aromatic N) is 1. The fourth-order valence-corrected chi connectivity index (χ4v) is 1.90. The first-order valence-electron chi connectivity index (χ1n) is 6.44. The Morgan fingerprint density at radius 2 is 1.73 bits per heavy atom. The van der Waals surface area contributed by atoms with E-state index in [0.29, 0.717) is 12.1 Å². The Balaban J connectivity index is 1.88.